The van der Waals surface area contributed by atoms with E-state index in [9.17, 15) is 4.79 Å². The van der Waals surface area contributed by atoms with Gasteiger partial charge in [0.1, 0.15) is 0 Å². The van der Waals surface area contributed by atoms with Crippen LogP contribution in [0.5, 0.6) is 0 Å². The van der Waals surface area contributed by atoms with Gasteiger partial charge >= 0.3 is 6.03 Å². The van der Waals surface area contributed by atoms with Gasteiger partial charge in [0.2, 0.25) is 0 Å². The number of benzene rings is 1. The van der Waals surface area contributed by atoms with Gasteiger partial charge < -0.3 is 15.7 Å². The van der Waals surface area contributed by atoms with Gasteiger partial charge in [-0.25, -0.2) is 4.79 Å². The number of aliphatic hydroxyl groups is 1. The second kappa shape index (κ2) is 7.50. The predicted octanol–water partition coefficient (Wildman–Crippen LogP) is 3.29. The summed E-state index contributed by atoms with van der Waals surface area (Å²) in [6.07, 6.45) is 0.560. The molecule has 0 aromatic heterocycles. The van der Waals surface area contributed by atoms with Crippen molar-refractivity contribution in [3.05, 3.63) is 28.2 Å². The molecule has 0 saturated heterocycles. The first kappa shape index (κ1) is 16.0. The van der Waals surface area contributed by atoms with Crippen LogP contribution in [0.3, 0.4) is 0 Å². The highest BCUT2D eigenvalue weighted by Crippen LogP contribution is 2.20. The lowest BCUT2D eigenvalue weighted by Gasteiger charge is -2.22. The Labute approximate surface area is 122 Å². The van der Waals surface area contributed by atoms with Crippen LogP contribution in [0.2, 0.25) is 0 Å². The third kappa shape index (κ3) is 5.20. The van der Waals surface area contributed by atoms with Gasteiger partial charge in [-0.1, -0.05) is 29.8 Å². The van der Waals surface area contributed by atoms with Crippen molar-refractivity contribution in [2.75, 3.05) is 11.9 Å². The molecule has 0 aliphatic heterocycles. The van der Waals surface area contributed by atoms with Crippen molar-refractivity contribution in [1.82, 2.24) is 5.32 Å². The topological polar surface area (TPSA) is 61.4 Å². The summed E-state index contributed by atoms with van der Waals surface area (Å²) in [6.45, 7) is 6.05. The van der Waals surface area contributed by atoms with Crippen LogP contribution in [0.15, 0.2) is 22.7 Å². The lowest BCUT2D eigenvalue weighted by atomic mass is 10.0. The Morgan fingerprint density at radius 2 is 2.11 bits per heavy atom. The van der Waals surface area contributed by atoms with E-state index in [-0.39, 0.29) is 24.6 Å². The van der Waals surface area contributed by atoms with Gasteiger partial charge in [-0.15, -0.1) is 0 Å². The molecule has 0 saturated carbocycles. The summed E-state index contributed by atoms with van der Waals surface area (Å²) in [5.41, 5.74) is 1.78. The summed E-state index contributed by atoms with van der Waals surface area (Å²) >= 11 is 3.39. The van der Waals surface area contributed by atoms with Gasteiger partial charge in [0, 0.05) is 22.8 Å². The molecule has 0 radical (unpaired) electrons. The summed E-state index contributed by atoms with van der Waals surface area (Å²) < 4.78 is 0.983. The van der Waals surface area contributed by atoms with Crippen molar-refractivity contribution in [2.24, 2.45) is 5.92 Å². The molecule has 1 rings (SSSR count). The summed E-state index contributed by atoms with van der Waals surface area (Å²) in [6, 6.07) is 5.42. The van der Waals surface area contributed by atoms with Gasteiger partial charge in [0.15, 0.2) is 0 Å². The Bertz CT molecular complexity index is 435. The molecule has 2 amide bonds. The highest BCUT2D eigenvalue weighted by molar-refractivity contribution is 9.10. The van der Waals surface area contributed by atoms with E-state index < -0.39 is 0 Å². The summed E-state index contributed by atoms with van der Waals surface area (Å²) in [4.78, 5) is 11.9. The van der Waals surface area contributed by atoms with Crippen LogP contribution in [0.25, 0.3) is 0 Å². The van der Waals surface area contributed by atoms with Gasteiger partial charge in [0.25, 0.3) is 0 Å². The first-order chi connectivity index (χ1) is 8.93. The van der Waals surface area contributed by atoms with E-state index in [2.05, 4.69) is 26.6 Å². The van der Waals surface area contributed by atoms with E-state index in [4.69, 9.17) is 5.11 Å². The second-order valence-electron chi connectivity index (χ2n) is 4.92. The average Bonchev–Trinajstić information content (AvgIpc) is 2.32. The van der Waals surface area contributed by atoms with Crippen LogP contribution in [0.1, 0.15) is 25.8 Å². The number of hydrogen-bond acceptors (Lipinski definition) is 2. The number of nitrogens with one attached hydrogen (secondary N) is 2. The number of amides is 2. The fourth-order valence-electron chi connectivity index (χ4n) is 1.81. The molecule has 0 spiro atoms. The summed E-state index contributed by atoms with van der Waals surface area (Å²) in [5, 5.41) is 14.7. The first-order valence-corrected chi connectivity index (χ1v) is 7.18. The third-order valence-corrected chi connectivity index (χ3v) is 3.49. The van der Waals surface area contributed by atoms with E-state index in [1.54, 1.807) is 0 Å². The maximum Gasteiger partial charge on any atom is 0.319 e. The van der Waals surface area contributed by atoms with Crippen molar-refractivity contribution in [1.29, 1.82) is 0 Å². The number of hydrogen-bond donors (Lipinski definition) is 3. The summed E-state index contributed by atoms with van der Waals surface area (Å²) in [5.74, 6) is 0.281. The third-order valence-electron chi connectivity index (χ3n) is 3.00. The van der Waals surface area contributed by atoms with E-state index >= 15 is 0 Å². The molecule has 1 atom stereocenters. The van der Waals surface area contributed by atoms with Crippen molar-refractivity contribution >= 4 is 27.6 Å². The largest absolute Gasteiger partial charge is 0.396 e. The number of carbonyl (C=O) groups is 1. The Hall–Kier alpha value is -1.07. The Morgan fingerprint density at radius 1 is 1.42 bits per heavy atom. The van der Waals surface area contributed by atoms with Crippen LogP contribution >= 0.6 is 15.9 Å². The standard InChI is InChI=1S/C14H21BrN2O2/c1-9(2)12(6-7-18)16-14(19)17-13-5-4-11(15)8-10(13)3/h4-5,8-9,12,18H,6-7H2,1-3H3,(H2,16,17,19). The molecule has 5 heteroatoms. The highest BCUT2D eigenvalue weighted by Gasteiger charge is 2.15. The molecule has 106 valence electrons. The van der Waals surface area contributed by atoms with Gasteiger partial charge in [0.05, 0.1) is 0 Å². The van der Waals surface area contributed by atoms with E-state index in [1.165, 1.54) is 0 Å². The number of urea groups is 1. The van der Waals surface area contributed by atoms with Gasteiger partial charge in [-0.3, -0.25) is 0 Å². The number of anilines is 1. The van der Waals surface area contributed by atoms with E-state index in [0.29, 0.717) is 6.42 Å². The zero-order valence-electron chi connectivity index (χ0n) is 11.5. The second-order valence-corrected chi connectivity index (χ2v) is 5.84. The molecule has 1 unspecified atom stereocenters. The number of aliphatic hydroxyl groups excluding tert-OH is 1. The average molecular weight is 329 g/mol. The Morgan fingerprint density at radius 3 is 2.63 bits per heavy atom. The molecule has 0 aliphatic rings. The van der Waals surface area contributed by atoms with Crippen LogP contribution in [-0.4, -0.2) is 23.8 Å². The normalized spacial score (nSPS) is 12.3. The molecule has 19 heavy (non-hydrogen) atoms. The summed E-state index contributed by atoms with van der Waals surface area (Å²) in [7, 11) is 0. The quantitative estimate of drug-likeness (QED) is 0.776. The fraction of sp³-hybridized carbons (Fsp3) is 0.500. The predicted molar refractivity (Wildman–Crippen MR) is 81.4 cm³/mol. The monoisotopic (exact) mass is 328 g/mol. The lowest BCUT2D eigenvalue weighted by molar-refractivity contribution is 0.227. The van der Waals surface area contributed by atoms with Crippen molar-refractivity contribution in [2.45, 2.75) is 33.2 Å². The molecular formula is C14H21BrN2O2. The maximum absolute atomic E-state index is 11.9. The van der Waals surface area contributed by atoms with Crippen LogP contribution < -0.4 is 10.6 Å². The number of aryl methyl sites for hydroxylation is 1. The fourth-order valence-corrected chi connectivity index (χ4v) is 2.28. The Balaban J connectivity index is 2.63. The maximum atomic E-state index is 11.9. The lowest BCUT2D eigenvalue weighted by Crippen LogP contribution is -2.41. The Kier molecular flexibility index (Phi) is 6.31. The zero-order chi connectivity index (χ0) is 14.4. The zero-order valence-corrected chi connectivity index (χ0v) is 13.1. The number of carbonyl (C=O) groups excluding carboxylic acids is 1. The molecule has 4 nitrogen and oxygen atoms in total. The van der Waals surface area contributed by atoms with E-state index in [0.717, 1.165) is 15.7 Å². The minimum atomic E-state index is -0.238. The minimum Gasteiger partial charge on any atom is -0.396 e. The number of halogens is 1. The minimum absolute atomic E-state index is 0.0271. The molecular weight excluding hydrogens is 308 g/mol. The molecule has 0 heterocycles. The van der Waals surface area contributed by atoms with Crippen LogP contribution in [-0.2, 0) is 0 Å². The molecule has 0 aliphatic carbocycles. The molecule has 3 N–H and O–H groups in total. The van der Waals surface area contributed by atoms with Crippen LogP contribution in [0, 0.1) is 12.8 Å². The van der Waals surface area contributed by atoms with Crippen molar-refractivity contribution in [3.63, 3.8) is 0 Å². The van der Waals surface area contributed by atoms with Crippen molar-refractivity contribution < 1.29 is 9.90 Å². The number of rotatable bonds is 5. The SMILES string of the molecule is Cc1cc(Br)ccc1NC(=O)NC(CCO)C(C)C. The van der Waals surface area contributed by atoms with Gasteiger partial charge in [-0.05, 0) is 43.0 Å². The molecule has 0 bridgehead atoms. The highest BCUT2D eigenvalue weighted by atomic mass is 79.9. The van der Waals surface area contributed by atoms with E-state index in [1.807, 2.05) is 39.0 Å². The van der Waals surface area contributed by atoms with Crippen LogP contribution in [0.4, 0.5) is 10.5 Å². The molecule has 0 fully saturated rings. The molecule has 1 aromatic rings. The van der Waals surface area contributed by atoms with Gasteiger partial charge in [-0.2, -0.15) is 0 Å². The molecule has 1 aromatic carbocycles. The smallest absolute Gasteiger partial charge is 0.319 e. The van der Waals surface area contributed by atoms with Crippen molar-refractivity contribution in [3.8, 4) is 0 Å². The first-order valence-electron chi connectivity index (χ1n) is 6.38.